The van der Waals surface area contributed by atoms with Crippen LogP contribution in [0.5, 0.6) is 0 Å². The quantitative estimate of drug-likeness (QED) is 0.591. The predicted octanol–water partition coefficient (Wildman–Crippen LogP) is 2.24. The number of fused-ring (bicyclic) bond motifs is 3. The monoisotopic (exact) mass is 224 g/mol. The zero-order valence-corrected chi connectivity index (χ0v) is 9.85. The molecule has 0 bridgehead atoms. The highest BCUT2D eigenvalue weighted by Gasteiger charge is 2.62. The minimum absolute atomic E-state index is 0.229. The maximum absolute atomic E-state index is 6.30. The smallest absolute Gasteiger partial charge is 0.169 e. The van der Waals surface area contributed by atoms with E-state index in [9.17, 15) is 0 Å². The van der Waals surface area contributed by atoms with Crippen LogP contribution in [-0.2, 0) is 14.2 Å². The molecule has 1 spiro atoms. The fourth-order valence-corrected chi connectivity index (χ4v) is 3.81. The number of epoxide rings is 1. The van der Waals surface area contributed by atoms with Crippen molar-refractivity contribution in [2.24, 2.45) is 5.92 Å². The first-order valence-electron chi connectivity index (χ1n) is 6.79. The van der Waals surface area contributed by atoms with Crippen molar-refractivity contribution in [2.75, 3.05) is 0 Å². The molecule has 4 fully saturated rings. The van der Waals surface area contributed by atoms with Gasteiger partial charge in [-0.05, 0) is 25.2 Å². The Kier molecular flexibility index (Phi) is 1.98. The SMILES string of the molecule is CC1C[C@H]2O[C@H]2C2OC3(CCCCC3)OC12. The second-order valence-electron chi connectivity index (χ2n) is 5.99. The first-order chi connectivity index (χ1) is 7.77. The molecule has 2 saturated heterocycles. The molecule has 16 heavy (non-hydrogen) atoms. The molecular weight excluding hydrogens is 204 g/mol. The summed E-state index contributed by atoms with van der Waals surface area (Å²) >= 11 is 0. The lowest BCUT2D eigenvalue weighted by molar-refractivity contribution is -0.197. The molecule has 0 N–H and O–H groups in total. The Balaban J connectivity index is 1.58. The van der Waals surface area contributed by atoms with E-state index in [1.54, 1.807) is 0 Å². The summed E-state index contributed by atoms with van der Waals surface area (Å²) in [5.74, 6) is 0.359. The van der Waals surface area contributed by atoms with Gasteiger partial charge in [0.25, 0.3) is 0 Å². The Hall–Kier alpha value is -0.120. The van der Waals surface area contributed by atoms with Crippen molar-refractivity contribution in [1.29, 1.82) is 0 Å². The lowest BCUT2D eigenvalue weighted by Crippen LogP contribution is -2.39. The van der Waals surface area contributed by atoms with Crippen LogP contribution in [0, 0.1) is 5.92 Å². The van der Waals surface area contributed by atoms with E-state index in [0.717, 1.165) is 19.3 Å². The standard InChI is InChI=1S/C13H20O3/c1-8-7-9-11(14-9)12-10(8)15-13(16-12)5-3-2-4-6-13/h8-12H,2-7H2,1H3/t8?,9-,10?,11-,12?/m1/s1. The minimum atomic E-state index is -0.233. The van der Waals surface area contributed by atoms with Gasteiger partial charge in [0.2, 0.25) is 0 Å². The molecule has 0 amide bonds. The maximum Gasteiger partial charge on any atom is 0.169 e. The average molecular weight is 224 g/mol. The molecule has 3 unspecified atom stereocenters. The third-order valence-corrected chi connectivity index (χ3v) is 4.75. The van der Waals surface area contributed by atoms with Crippen molar-refractivity contribution in [3.63, 3.8) is 0 Å². The molecule has 0 aromatic rings. The normalized spacial score (nSPS) is 53.4. The van der Waals surface area contributed by atoms with Gasteiger partial charge in [-0.25, -0.2) is 0 Å². The zero-order valence-electron chi connectivity index (χ0n) is 9.85. The van der Waals surface area contributed by atoms with Gasteiger partial charge in [0.05, 0.1) is 12.2 Å². The Morgan fingerprint density at radius 2 is 1.69 bits per heavy atom. The number of ether oxygens (including phenoxy) is 3. The van der Waals surface area contributed by atoms with Crippen LogP contribution in [0.2, 0.25) is 0 Å². The molecular formula is C13H20O3. The van der Waals surface area contributed by atoms with Crippen LogP contribution in [0.25, 0.3) is 0 Å². The molecule has 3 nitrogen and oxygen atoms in total. The topological polar surface area (TPSA) is 31.0 Å². The zero-order chi connectivity index (χ0) is 10.8. The summed E-state index contributed by atoms with van der Waals surface area (Å²) in [6, 6.07) is 0. The predicted molar refractivity (Wildman–Crippen MR) is 58.0 cm³/mol. The minimum Gasteiger partial charge on any atom is -0.367 e. The van der Waals surface area contributed by atoms with Crippen LogP contribution in [0.4, 0.5) is 0 Å². The second-order valence-corrected chi connectivity index (χ2v) is 5.99. The van der Waals surface area contributed by atoms with Gasteiger partial charge in [0.15, 0.2) is 5.79 Å². The summed E-state index contributed by atoms with van der Waals surface area (Å²) in [5.41, 5.74) is 0. The van der Waals surface area contributed by atoms with Crippen LogP contribution < -0.4 is 0 Å². The van der Waals surface area contributed by atoms with Gasteiger partial charge >= 0.3 is 0 Å². The molecule has 2 aliphatic carbocycles. The maximum atomic E-state index is 6.30. The molecule has 90 valence electrons. The highest BCUT2D eigenvalue weighted by atomic mass is 16.8. The summed E-state index contributed by atoms with van der Waals surface area (Å²) < 4.78 is 18.3. The average Bonchev–Trinajstić information content (AvgIpc) is 2.95. The highest BCUT2D eigenvalue weighted by molar-refractivity contribution is 5.06. The largest absolute Gasteiger partial charge is 0.367 e. The van der Waals surface area contributed by atoms with Gasteiger partial charge in [0.1, 0.15) is 12.2 Å². The second kappa shape index (κ2) is 3.21. The Bertz CT molecular complexity index is 290. The molecule has 4 rings (SSSR count). The summed E-state index contributed by atoms with van der Waals surface area (Å²) in [4.78, 5) is 0. The first kappa shape index (κ1) is 9.86. The summed E-state index contributed by atoms with van der Waals surface area (Å²) in [7, 11) is 0. The first-order valence-corrected chi connectivity index (χ1v) is 6.79. The van der Waals surface area contributed by atoms with E-state index in [2.05, 4.69) is 6.92 Å². The van der Waals surface area contributed by atoms with Crippen molar-refractivity contribution in [3.8, 4) is 0 Å². The van der Waals surface area contributed by atoms with Gasteiger partial charge in [0, 0.05) is 12.8 Å². The van der Waals surface area contributed by atoms with E-state index in [1.807, 2.05) is 0 Å². The molecule has 2 aliphatic heterocycles. The van der Waals surface area contributed by atoms with Crippen LogP contribution in [-0.4, -0.2) is 30.2 Å². The molecule has 0 aromatic carbocycles. The fraction of sp³-hybridized carbons (Fsp3) is 1.00. The van der Waals surface area contributed by atoms with Gasteiger partial charge < -0.3 is 14.2 Å². The van der Waals surface area contributed by atoms with Crippen molar-refractivity contribution in [3.05, 3.63) is 0 Å². The third-order valence-electron chi connectivity index (χ3n) is 4.75. The van der Waals surface area contributed by atoms with Gasteiger partial charge in [-0.1, -0.05) is 13.3 Å². The fourth-order valence-electron chi connectivity index (χ4n) is 3.81. The van der Waals surface area contributed by atoms with Crippen LogP contribution >= 0.6 is 0 Å². The highest BCUT2D eigenvalue weighted by Crippen LogP contribution is 2.51. The molecule has 2 heterocycles. The molecule has 0 radical (unpaired) electrons. The summed E-state index contributed by atoms with van der Waals surface area (Å²) in [6.07, 6.45) is 8.52. The van der Waals surface area contributed by atoms with Crippen molar-refractivity contribution >= 4 is 0 Å². The Labute approximate surface area is 96.4 Å². The number of hydrogen-bond donors (Lipinski definition) is 0. The van der Waals surface area contributed by atoms with Gasteiger partial charge in [-0.15, -0.1) is 0 Å². The van der Waals surface area contributed by atoms with Crippen molar-refractivity contribution < 1.29 is 14.2 Å². The Morgan fingerprint density at radius 3 is 2.50 bits per heavy atom. The van der Waals surface area contributed by atoms with Crippen molar-refractivity contribution in [2.45, 2.75) is 75.7 Å². The van der Waals surface area contributed by atoms with Crippen LogP contribution in [0.15, 0.2) is 0 Å². The summed E-state index contributed by atoms with van der Waals surface area (Å²) in [6.45, 7) is 2.28. The van der Waals surface area contributed by atoms with Crippen LogP contribution in [0.3, 0.4) is 0 Å². The molecule has 2 saturated carbocycles. The van der Waals surface area contributed by atoms with E-state index in [-0.39, 0.29) is 11.9 Å². The molecule has 3 heteroatoms. The number of rotatable bonds is 0. The lowest BCUT2D eigenvalue weighted by Gasteiger charge is -2.32. The Morgan fingerprint density at radius 1 is 0.938 bits per heavy atom. The number of hydrogen-bond acceptors (Lipinski definition) is 3. The lowest BCUT2D eigenvalue weighted by atomic mass is 9.86. The van der Waals surface area contributed by atoms with Gasteiger partial charge in [-0.3, -0.25) is 0 Å². The van der Waals surface area contributed by atoms with E-state index < -0.39 is 0 Å². The van der Waals surface area contributed by atoms with E-state index >= 15 is 0 Å². The molecule has 4 aliphatic rings. The van der Waals surface area contributed by atoms with Crippen LogP contribution in [0.1, 0.15) is 45.4 Å². The van der Waals surface area contributed by atoms with E-state index in [1.165, 1.54) is 19.3 Å². The molecule has 0 aromatic heterocycles. The third kappa shape index (κ3) is 1.31. The van der Waals surface area contributed by atoms with Gasteiger partial charge in [-0.2, -0.15) is 0 Å². The van der Waals surface area contributed by atoms with E-state index in [4.69, 9.17) is 14.2 Å². The van der Waals surface area contributed by atoms with Crippen molar-refractivity contribution in [1.82, 2.24) is 0 Å². The van der Waals surface area contributed by atoms with E-state index in [0.29, 0.717) is 24.2 Å². The summed E-state index contributed by atoms with van der Waals surface area (Å²) in [5, 5.41) is 0. The molecule has 5 atom stereocenters.